The van der Waals surface area contributed by atoms with Gasteiger partial charge in [-0.2, -0.15) is 0 Å². The Morgan fingerprint density at radius 1 is 1.13 bits per heavy atom. The van der Waals surface area contributed by atoms with Crippen molar-refractivity contribution in [2.45, 2.75) is 52.7 Å². The molecule has 1 aliphatic rings. The monoisotopic (exact) mass is 319 g/mol. The van der Waals surface area contributed by atoms with Crippen LogP contribution < -0.4 is 15.9 Å². The third-order valence-corrected chi connectivity index (χ3v) is 4.67. The van der Waals surface area contributed by atoms with Crippen molar-refractivity contribution < 1.29 is 18.8 Å². The van der Waals surface area contributed by atoms with E-state index in [9.17, 15) is 4.79 Å². The summed E-state index contributed by atoms with van der Waals surface area (Å²) >= 11 is 0. The van der Waals surface area contributed by atoms with Crippen molar-refractivity contribution in [1.82, 2.24) is 0 Å². The smallest absolute Gasteiger partial charge is 0.492 e. The number of carbonyl (C=O) groups is 1. The molecule has 0 radical (unpaired) electrons. The summed E-state index contributed by atoms with van der Waals surface area (Å²) < 4.78 is 17.7. The van der Waals surface area contributed by atoms with Gasteiger partial charge in [0.25, 0.3) is 0 Å². The molecule has 126 valence electrons. The molecule has 2 N–H and O–H groups in total. The number of amides is 1. The second kappa shape index (κ2) is 5.84. The van der Waals surface area contributed by atoms with Crippen LogP contribution in [0.15, 0.2) is 24.3 Å². The van der Waals surface area contributed by atoms with Crippen LogP contribution in [-0.2, 0) is 14.1 Å². The molecule has 1 aromatic carbocycles. The van der Waals surface area contributed by atoms with Gasteiger partial charge in [0.1, 0.15) is 12.4 Å². The fourth-order valence-corrected chi connectivity index (χ4v) is 2.04. The molecule has 0 saturated carbocycles. The summed E-state index contributed by atoms with van der Waals surface area (Å²) in [6.45, 7) is 11.8. The number of benzene rings is 1. The van der Waals surface area contributed by atoms with Crippen LogP contribution in [0.1, 0.15) is 41.5 Å². The van der Waals surface area contributed by atoms with E-state index >= 15 is 0 Å². The first-order valence-electron chi connectivity index (χ1n) is 7.83. The zero-order valence-electron chi connectivity index (χ0n) is 14.8. The topological polar surface area (TPSA) is 70.8 Å². The van der Waals surface area contributed by atoms with Gasteiger partial charge in [-0.25, -0.2) is 0 Å². The molecule has 0 bridgehead atoms. The number of ether oxygens (including phenoxy) is 1. The minimum atomic E-state index is -0.704. The maximum absolute atomic E-state index is 11.3. The molecule has 1 fully saturated rings. The molecule has 2 rings (SSSR count). The maximum atomic E-state index is 11.3. The normalized spacial score (nSPS) is 19.7. The molecule has 1 aliphatic heterocycles. The second-order valence-electron chi connectivity index (χ2n) is 7.69. The number of carbonyl (C=O) groups excluding carboxylic acids is 1. The van der Waals surface area contributed by atoms with Gasteiger partial charge in [-0.15, -0.1) is 0 Å². The van der Waals surface area contributed by atoms with E-state index in [-0.39, 0.29) is 23.7 Å². The van der Waals surface area contributed by atoms with Gasteiger partial charge in [0.2, 0.25) is 5.91 Å². The van der Waals surface area contributed by atoms with E-state index in [0.29, 0.717) is 5.75 Å². The standard InChI is InChI=1S/C17H26BNO4/c1-15(2,14(19)20)11-21-13-9-7-12(8-10-13)18-22-16(3,4)17(5,6)23-18/h7-10H,11H2,1-6H3,(H2,19,20). The molecular formula is C17H26BNO4. The maximum Gasteiger partial charge on any atom is 0.494 e. The van der Waals surface area contributed by atoms with Crippen LogP contribution in [0, 0.1) is 5.41 Å². The number of primary amides is 1. The molecule has 0 unspecified atom stereocenters. The molecule has 5 nitrogen and oxygen atoms in total. The fraction of sp³-hybridized carbons (Fsp3) is 0.588. The van der Waals surface area contributed by atoms with E-state index < -0.39 is 12.5 Å². The third-order valence-electron chi connectivity index (χ3n) is 4.67. The molecule has 23 heavy (non-hydrogen) atoms. The molecule has 1 aromatic rings. The van der Waals surface area contributed by atoms with E-state index in [4.69, 9.17) is 19.8 Å². The highest BCUT2D eigenvalue weighted by atomic mass is 16.7. The van der Waals surface area contributed by atoms with Crippen LogP contribution in [0.2, 0.25) is 0 Å². The van der Waals surface area contributed by atoms with Gasteiger partial charge < -0.3 is 19.8 Å². The van der Waals surface area contributed by atoms with Crippen molar-refractivity contribution in [2.75, 3.05) is 6.61 Å². The van der Waals surface area contributed by atoms with E-state index in [1.165, 1.54) is 0 Å². The van der Waals surface area contributed by atoms with Gasteiger partial charge in [-0.1, -0.05) is 12.1 Å². The Hall–Kier alpha value is -1.53. The zero-order valence-corrected chi connectivity index (χ0v) is 14.8. The lowest BCUT2D eigenvalue weighted by atomic mass is 9.79. The Morgan fingerprint density at radius 2 is 1.61 bits per heavy atom. The van der Waals surface area contributed by atoms with Gasteiger partial charge in [-0.3, -0.25) is 4.79 Å². The van der Waals surface area contributed by atoms with Crippen molar-refractivity contribution in [3.63, 3.8) is 0 Å². The SMILES string of the molecule is CC(C)(COc1ccc(B2OC(C)(C)C(C)(C)O2)cc1)C(N)=O. The number of nitrogens with two attached hydrogens (primary N) is 1. The van der Waals surface area contributed by atoms with Crippen molar-refractivity contribution in [3.8, 4) is 5.75 Å². The molecule has 1 amide bonds. The van der Waals surface area contributed by atoms with Gasteiger partial charge in [0.15, 0.2) is 0 Å². The lowest BCUT2D eigenvalue weighted by molar-refractivity contribution is -0.127. The van der Waals surface area contributed by atoms with Gasteiger partial charge >= 0.3 is 7.12 Å². The summed E-state index contributed by atoms with van der Waals surface area (Å²) in [7, 11) is -0.392. The van der Waals surface area contributed by atoms with Gasteiger partial charge in [0.05, 0.1) is 16.6 Å². The molecular weight excluding hydrogens is 293 g/mol. The summed E-state index contributed by atoms with van der Waals surface area (Å²) in [5.74, 6) is 0.297. The molecule has 0 aromatic heterocycles. The first-order valence-corrected chi connectivity index (χ1v) is 7.83. The van der Waals surface area contributed by atoms with Crippen molar-refractivity contribution in [2.24, 2.45) is 11.1 Å². The first-order chi connectivity index (χ1) is 10.4. The summed E-state index contributed by atoms with van der Waals surface area (Å²) in [6, 6.07) is 7.51. The number of hydrogen-bond donors (Lipinski definition) is 1. The zero-order chi connectivity index (χ0) is 17.5. The Morgan fingerprint density at radius 3 is 2.04 bits per heavy atom. The molecule has 0 spiro atoms. The predicted octanol–water partition coefficient (Wildman–Crippen LogP) is 1.88. The average molecular weight is 319 g/mol. The molecule has 1 saturated heterocycles. The van der Waals surface area contributed by atoms with Crippen LogP contribution in [0.4, 0.5) is 0 Å². The lowest BCUT2D eigenvalue weighted by Crippen LogP contribution is -2.41. The molecule has 0 atom stereocenters. The largest absolute Gasteiger partial charge is 0.494 e. The highest BCUT2D eigenvalue weighted by Gasteiger charge is 2.51. The molecule has 1 heterocycles. The summed E-state index contributed by atoms with van der Waals surface area (Å²) in [5.41, 5.74) is 4.85. The summed E-state index contributed by atoms with van der Waals surface area (Å²) in [6.07, 6.45) is 0. The highest BCUT2D eigenvalue weighted by Crippen LogP contribution is 2.36. The lowest BCUT2D eigenvalue weighted by Gasteiger charge is -2.32. The van der Waals surface area contributed by atoms with Crippen LogP contribution >= 0.6 is 0 Å². The highest BCUT2D eigenvalue weighted by molar-refractivity contribution is 6.62. The first kappa shape index (κ1) is 17.8. The third kappa shape index (κ3) is 3.70. The van der Waals surface area contributed by atoms with Crippen LogP contribution in [-0.4, -0.2) is 30.8 Å². The summed E-state index contributed by atoms with van der Waals surface area (Å²) in [5, 5.41) is 0. The van der Waals surface area contributed by atoms with Gasteiger partial charge in [0, 0.05) is 0 Å². The minimum absolute atomic E-state index is 0.234. The summed E-state index contributed by atoms with van der Waals surface area (Å²) in [4.78, 5) is 11.3. The van der Waals surface area contributed by atoms with Gasteiger partial charge in [-0.05, 0) is 59.1 Å². The van der Waals surface area contributed by atoms with E-state index in [0.717, 1.165) is 5.46 Å². The van der Waals surface area contributed by atoms with Crippen LogP contribution in [0.25, 0.3) is 0 Å². The Balaban J connectivity index is 2.02. The van der Waals surface area contributed by atoms with E-state index in [2.05, 4.69) is 0 Å². The average Bonchev–Trinajstić information content (AvgIpc) is 2.66. The molecule has 6 heteroatoms. The number of hydrogen-bond acceptors (Lipinski definition) is 4. The van der Waals surface area contributed by atoms with E-state index in [1.54, 1.807) is 13.8 Å². The van der Waals surface area contributed by atoms with Crippen molar-refractivity contribution in [1.29, 1.82) is 0 Å². The quantitative estimate of drug-likeness (QED) is 0.841. The Kier molecular flexibility index (Phi) is 4.52. The minimum Gasteiger partial charge on any atom is -0.492 e. The van der Waals surface area contributed by atoms with Crippen LogP contribution in [0.5, 0.6) is 5.75 Å². The second-order valence-corrected chi connectivity index (χ2v) is 7.69. The Bertz CT molecular complexity index is 565. The number of rotatable bonds is 5. The van der Waals surface area contributed by atoms with E-state index in [1.807, 2.05) is 52.0 Å². The molecule has 0 aliphatic carbocycles. The predicted molar refractivity (Wildman–Crippen MR) is 90.6 cm³/mol. The fourth-order valence-electron chi connectivity index (χ4n) is 2.04. The Labute approximate surface area is 138 Å². The van der Waals surface area contributed by atoms with Crippen LogP contribution in [0.3, 0.4) is 0 Å². The van der Waals surface area contributed by atoms with Crippen molar-refractivity contribution in [3.05, 3.63) is 24.3 Å². The van der Waals surface area contributed by atoms with Crippen molar-refractivity contribution >= 4 is 18.5 Å².